The van der Waals surface area contributed by atoms with Crippen molar-refractivity contribution in [3.8, 4) is 0 Å². The van der Waals surface area contributed by atoms with Crippen LogP contribution in [-0.2, 0) is 11.2 Å². The minimum absolute atomic E-state index is 0.110. The Morgan fingerprint density at radius 1 is 1.44 bits per heavy atom. The van der Waals surface area contributed by atoms with Crippen molar-refractivity contribution in [3.05, 3.63) is 35.6 Å². The van der Waals surface area contributed by atoms with Crippen molar-refractivity contribution in [2.24, 2.45) is 5.92 Å². The quantitative estimate of drug-likeness (QED) is 0.830. The van der Waals surface area contributed by atoms with Crippen LogP contribution in [0.25, 0.3) is 0 Å². The summed E-state index contributed by atoms with van der Waals surface area (Å²) >= 11 is 0. The predicted molar refractivity (Wildman–Crippen MR) is 60.4 cm³/mol. The van der Waals surface area contributed by atoms with Crippen LogP contribution in [0.5, 0.6) is 0 Å². The molecule has 1 unspecified atom stereocenters. The number of halogens is 1. The smallest absolute Gasteiger partial charge is 0.223 e. The molecule has 16 heavy (non-hydrogen) atoms. The van der Waals surface area contributed by atoms with E-state index in [1.54, 1.807) is 12.1 Å². The Bertz CT molecular complexity index is 370. The Kier molecular flexibility index (Phi) is 3.22. The summed E-state index contributed by atoms with van der Waals surface area (Å²) in [5.41, 5.74) is 1.05. The first-order valence-corrected chi connectivity index (χ1v) is 5.70. The average Bonchev–Trinajstić information content (AvgIpc) is 3.04. The summed E-state index contributed by atoms with van der Waals surface area (Å²) in [5, 5.41) is 2.97. The van der Waals surface area contributed by atoms with E-state index in [1.807, 2.05) is 6.92 Å². The SMILES string of the molecule is CC(Cc1ccc(F)cc1)NC(=O)C1CC1. The standard InChI is InChI=1S/C13H16FNO/c1-9(15-13(16)11-4-5-11)8-10-2-6-12(14)7-3-10/h2-3,6-7,9,11H,4-5,8H2,1H3,(H,15,16). The molecule has 1 atom stereocenters. The summed E-state index contributed by atoms with van der Waals surface area (Å²) < 4.78 is 12.7. The lowest BCUT2D eigenvalue weighted by Gasteiger charge is -2.13. The summed E-state index contributed by atoms with van der Waals surface area (Å²) in [6.45, 7) is 1.98. The molecule has 1 aromatic rings. The molecule has 86 valence electrons. The zero-order valence-electron chi connectivity index (χ0n) is 9.37. The zero-order chi connectivity index (χ0) is 11.5. The van der Waals surface area contributed by atoms with Crippen LogP contribution < -0.4 is 5.32 Å². The van der Waals surface area contributed by atoms with Gasteiger partial charge in [-0.3, -0.25) is 4.79 Å². The first-order chi connectivity index (χ1) is 7.65. The second-order valence-corrected chi connectivity index (χ2v) is 4.51. The average molecular weight is 221 g/mol. The fraction of sp³-hybridized carbons (Fsp3) is 0.462. The van der Waals surface area contributed by atoms with E-state index in [2.05, 4.69) is 5.32 Å². The summed E-state index contributed by atoms with van der Waals surface area (Å²) in [4.78, 5) is 11.5. The number of nitrogens with one attached hydrogen (secondary N) is 1. The number of carbonyl (C=O) groups excluding carboxylic acids is 1. The normalized spacial score (nSPS) is 16.9. The largest absolute Gasteiger partial charge is 0.353 e. The van der Waals surface area contributed by atoms with Crippen LogP contribution in [0.2, 0.25) is 0 Å². The first kappa shape index (κ1) is 11.1. The molecule has 3 heteroatoms. The van der Waals surface area contributed by atoms with Gasteiger partial charge in [-0.25, -0.2) is 4.39 Å². The molecule has 1 amide bonds. The second-order valence-electron chi connectivity index (χ2n) is 4.51. The molecule has 1 fully saturated rings. The van der Waals surface area contributed by atoms with Gasteiger partial charge in [0, 0.05) is 12.0 Å². The van der Waals surface area contributed by atoms with Crippen molar-refractivity contribution in [1.82, 2.24) is 5.32 Å². The highest BCUT2D eigenvalue weighted by Gasteiger charge is 2.30. The van der Waals surface area contributed by atoms with E-state index < -0.39 is 0 Å². The van der Waals surface area contributed by atoms with Crippen molar-refractivity contribution in [2.75, 3.05) is 0 Å². The van der Waals surface area contributed by atoms with Crippen LogP contribution in [0.4, 0.5) is 4.39 Å². The van der Waals surface area contributed by atoms with E-state index in [0.29, 0.717) is 0 Å². The Morgan fingerprint density at radius 3 is 2.62 bits per heavy atom. The fourth-order valence-corrected chi connectivity index (χ4v) is 1.73. The van der Waals surface area contributed by atoms with Gasteiger partial charge >= 0.3 is 0 Å². The predicted octanol–water partition coefficient (Wildman–Crippen LogP) is 2.28. The summed E-state index contributed by atoms with van der Waals surface area (Å²) in [6.07, 6.45) is 2.79. The zero-order valence-corrected chi connectivity index (χ0v) is 9.37. The molecule has 0 saturated heterocycles. The molecule has 0 aliphatic heterocycles. The molecule has 2 nitrogen and oxygen atoms in total. The van der Waals surface area contributed by atoms with E-state index in [9.17, 15) is 9.18 Å². The Balaban J connectivity index is 1.83. The molecule has 0 spiro atoms. The molecule has 0 bridgehead atoms. The highest BCUT2D eigenvalue weighted by atomic mass is 19.1. The lowest BCUT2D eigenvalue weighted by Crippen LogP contribution is -2.35. The van der Waals surface area contributed by atoms with Gasteiger partial charge in [0.15, 0.2) is 0 Å². The Hall–Kier alpha value is -1.38. The number of benzene rings is 1. The number of carbonyl (C=O) groups is 1. The van der Waals surface area contributed by atoms with Crippen molar-refractivity contribution in [1.29, 1.82) is 0 Å². The first-order valence-electron chi connectivity index (χ1n) is 5.70. The summed E-state index contributed by atoms with van der Waals surface area (Å²) in [6, 6.07) is 6.53. The Labute approximate surface area is 94.9 Å². The van der Waals surface area contributed by atoms with Crippen LogP contribution in [-0.4, -0.2) is 11.9 Å². The fourth-order valence-electron chi connectivity index (χ4n) is 1.73. The van der Waals surface area contributed by atoms with Crippen molar-refractivity contribution >= 4 is 5.91 Å². The minimum atomic E-state index is -0.224. The number of hydrogen-bond donors (Lipinski definition) is 1. The van der Waals surface area contributed by atoms with Crippen LogP contribution in [0.15, 0.2) is 24.3 Å². The number of hydrogen-bond acceptors (Lipinski definition) is 1. The van der Waals surface area contributed by atoms with Gasteiger partial charge < -0.3 is 5.32 Å². The van der Waals surface area contributed by atoms with E-state index in [1.165, 1.54) is 12.1 Å². The maximum absolute atomic E-state index is 12.7. The molecule has 1 aromatic carbocycles. The van der Waals surface area contributed by atoms with Gasteiger partial charge in [0.05, 0.1) is 0 Å². The molecule has 1 saturated carbocycles. The maximum Gasteiger partial charge on any atom is 0.223 e. The van der Waals surface area contributed by atoms with Gasteiger partial charge in [-0.05, 0) is 43.9 Å². The van der Waals surface area contributed by atoms with Crippen LogP contribution in [0.1, 0.15) is 25.3 Å². The van der Waals surface area contributed by atoms with Gasteiger partial charge in [0.2, 0.25) is 5.91 Å². The van der Waals surface area contributed by atoms with Gasteiger partial charge in [0.25, 0.3) is 0 Å². The molecule has 2 rings (SSSR count). The number of rotatable bonds is 4. The summed E-state index contributed by atoms with van der Waals surface area (Å²) in [7, 11) is 0. The number of amides is 1. The van der Waals surface area contributed by atoms with E-state index in [0.717, 1.165) is 24.8 Å². The van der Waals surface area contributed by atoms with Crippen molar-refractivity contribution in [2.45, 2.75) is 32.2 Å². The summed E-state index contributed by atoms with van der Waals surface area (Å²) in [5.74, 6) is 0.184. The highest BCUT2D eigenvalue weighted by Crippen LogP contribution is 2.28. The van der Waals surface area contributed by atoms with E-state index in [4.69, 9.17) is 0 Å². The molecular formula is C13H16FNO. The molecule has 0 radical (unpaired) electrons. The topological polar surface area (TPSA) is 29.1 Å². The molecule has 0 aromatic heterocycles. The maximum atomic E-state index is 12.7. The highest BCUT2D eigenvalue weighted by molar-refractivity contribution is 5.81. The second kappa shape index (κ2) is 4.64. The van der Waals surface area contributed by atoms with Gasteiger partial charge in [-0.2, -0.15) is 0 Å². The molecular weight excluding hydrogens is 205 g/mol. The van der Waals surface area contributed by atoms with Crippen LogP contribution in [0.3, 0.4) is 0 Å². The van der Waals surface area contributed by atoms with E-state index in [-0.39, 0.29) is 23.7 Å². The van der Waals surface area contributed by atoms with Crippen LogP contribution >= 0.6 is 0 Å². The van der Waals surface area contributed by atoms with Gasteiger partial charge in [0.1, 0.15) is 5.82 Å². The minimum Gasteiger partial charge on any atom is -0.353 e. The van der Waals surface area contributed by atoms with Gasteiger partial charge in [-0.1, -0.05) is 12.1 Å². The molecule has 0 heterocycles. The van der Waals surface area contributed by atoms with Crippen molar-refractivity contribution < 1.29 is 9.18 Å². The van der Waals surface area contributed by atoms with Crippen LogP contribution in [0, 0.1) is 11.7 Å². The molecule has 1 N–H and O–H groups in total. The lowest BCUT2D eigenvalue weighted by atomic mass is 10.1. The molecule has 1 aliphatic rings. The Morgan fingerprint density at radius 2 is 2.06 bits per heavy atom. The third kappa shape index (κ3) is 3.05. The third-order valence-corrected chi connectivity index (χ3v) is 2.79. The third-order valence-electron chi connectivity index (χ3n) is 2.79. The van der Waals surface area contributed by atoms with Crippen molar-refractivity contribution in [3.63, 3.8) is 0 Å². The lowest BCUT2D eigenvalue weighted by molar-refractivity contribution is -0.122. The van der Waals surface area contributed by atoms with E-state index >= 15 is 0 Å². The van der Waals surface area contributed by atoms with Gasteiger partial charge in [-0.15, -0.1) is 0 Å². The monoisotopic (exact) mass is 221 g/mol. The molecule has 1 aliphatic carbocycles.